The first-order chi connectivity index (χ1) is 10.6. The predicted molar refractivity (Wildman–Crippen MR) is 80.7 cm³/mol. The number of halogens is 2. The van der Waals surface area contributed by atoms with E-state index in [1.807, 2.05) is 0 Å². The van der Waals surface area contributed by atoms with Gasteiger partial charge in [0.1, 0.15) is 5.82 Å². The van der Waals surface area contributed by atoms with E-state index in [2.05, 4.69) is 31.3 Å². The number of aliphatic carboxylic acids is 1. The van der Waals surface area contributed by atoms with Crippen molar-refractivity contribution in [3.63, 3.8) is 0 Å². The highest BCUT2D eigenvalue weighted by atomic mass is 79.9. The average molecular weight is 393 g/mol. The molecule has 126 valence electrons. The van der Waals surface area contributed by atoms with Crippen LogP contribution < -0.4 is 10.6 Å². The summed E-state index contributed by atoms with van der Waals surface area (Å²) in [6.07, 6.45) is 0. The molecule has 0 aliphatic heterocycles. The molecule has 0 saturated carbocycles. The second kappa shape index (κ2) is 7.38. The van der Waals surface area contributed by atoms with Gasteiger partial charge < -0.3 is 25.6 Å². The van der Waals surface area contributed by atoms with Gasteiger partial charge >= 0.3 is 18.0 Å². The van der Waals surface area contributed by atoms with Crippen LogP contribution in [0, 0.1) is 5.82 Å². The molecule has 10 heteroatoms. The number of aliphatic hydroxyl groups is 1. The molecule has 0 saturated heterocycles. The maximum atomic E-state index is 13.5. The smallest absolute Gasteiger partial charge is 0.340 e. The van der Waals surface area contributed by atoms with Crippen LogP contribution in [0.2, 0.25) is 0 Å². The van der Waals surface area contributed by atoms with Crippen molar-refractivity contribution in [2.75, 3.05) is 19.0 Å². The van der Waals surface area contributed by atoms with E-state index in [9.17, 15) is 23.9 Å². The van der Waals surface area contributed by atoms with Gasteiger partial charge in [-0.1, -0.05) is 0 Å². The number of urea groups is 1. The van der Waals surface area contributed by atoms with Crippen molar-refractivity contribution < 1.29 is 33.7 Å². The quantitative estimate of drug-likeness (QED) is 0.560. The molecule has 0 aromatic heterocycles. The SMILES string of the molecule is COC(=O)c1cc(F)c(Br)cc1NC(=O)NCC(C)(O)C(=O)O. The number of benzene rings is 1. The summed E-state index contributed by atoms with van der Waals surface area (Å²) in [7, 11) is 1.09. The molecule has 0 radical (unpaired) electrons. The van der Waals surface area contributed by atoms with Crippen molar-refractivity contribution in [2.24, 2.45) is 0 Å². The number of carbonyl (C=O) groups excluding carboxylic acids is 2. The standard InChI is InChI=1S/C13H14BrFN2O6/c1-13(22,11(19)20)5-16-12(21)17-9-4-7(14)8(15)3-6(9)10(18)23-2/h3-4,22H,5H2,1-2H3,(H,19,20)(H2,16,17,21). The Morgan fingerprint density at radius 2 is 2.00 bits per heavy atom. The molecule has 8 nitrogen and oxygen atoms in total. The van der Waals surface area contributed by atoms with E-state index in [4.69, 9.17) is 5.11 Å². The number of carboxylic acids is 1. The molecular formula is C13H14BrFN2O6. The molecule has 0 aliphatic rings. The van der Waals surface area contributed by atoms with Crippen LogP contribution in [0.25, 0.3) is 0 Å². The fourth-order valence-corrected chi connectivity index (χ4v) is 1.77. The first-order valence-corrected chi connectivity index (χ1v) is 6.95. The van der Waals surface area contributed by atoms with Gasteiger partial charge in [-0.2, -0.15) is 0 Å². The van der Waals surface area contributed by atoms with Gasteiger partial charge in [0.05, 0.1) is 29.4 Å². The molecule has 1 unspecified atom stereocenters. The summed E-state index contributed by atoms with van der Waals surface area (Å²) in [4.78, 5) is 34.1. The zero-order chi connectivity index (χ0) is 17.8. The lowest BCUT2D eigenvalue weighted by Gasteiger charge is -2.19. The number of hydrogen-bond acceptors (Lipinski definition) is 5. The summed E-state index contributed by atoms with van der Waals surface area (Å²) >= 11 is 2.91. The number of nitrogens with one attached hydrogen (secondary N) is 2. The Balaban J connectivity index is 2.91. The molecule has 0 heterocycles. The predicted octanol–water partition coefficient (Wildman–Crippen LogP) is 1.33. The summed E-state index contributed by atoms with van der Waals surface area (Å²) < 4.78 is 18.0. The minimum atomic E-state index is -2.16. The van der Waals surface area contributed by atoms with Gasteiger partial charge in [-0.15, -0.1) is 0 Å². The van der Waals surface area contributed by atoms with Crippen LogP contribution in [0.4, 0.5) is 14.9 Å². The Labute approximate surface area is 138 Å². The van der Waals surface area contributed by atoms with E-state index >= 15 is 0 Å². The summed E-state index contributed by atoms with van der Waals surface area (Å²) in [6, 6.07) is 1.13. The van der Waals surface area contributed by atoms with E-state index in [1.165, 1.54) is 0 Å². The summed E-state index contributed by atoms with van der Waals surface area (Å²) in [5.74, 6) is -3.12. The number of rotatable bonds is 5. The lowest BCUT2D eigenvalue weighted by atomic mass is 10.1. The van der Waals surface area contributed by atoms with Crippen LogP contribution >= 0.6 is 15.9 Å². The van der Waals surface area contributed by atoms with Crippen LogP contribution in [-0.2, 0) is 9.53 Å². The highest BCUT2D eigenvalue weighted by Gasteiger charge is 2.30. The van der Waals surface area contributed by atoms with Crippen LogP contribution in [-0.4, -0.2) is 47.4 Å². The number of ether oxygens (including phenoxy) is 1. The summed E-state index contributed by atoms with van der Waals surface area (Å²) in [5, 5.41) is 22.6. The largest absolute Gasteiger partial charge is 0.479 e. The Morgan fingerprint density at radius 1 is 1.39 bits per heavy atom. The monoisotopic (exact) mass is 392 g/mol. The van der Waals surface area contributed by atoms with Crippen LogP contribution in [0.1, 0.15) is 17.3 Å². The third kappa shape index (κ3) is 4.89. The van der Waals surface area contributed by atoms with Gasteiger partial charge in [0.15, 0.2) is 5.60 Å². The first kappa shape index (κ1) is 18.8. The molecule has 1 aromatic rings. The number of methoxy groups -OCH3 is 1. The molecule has 4 N–H and O–H groups in total. The van der Waals surface area contributed by atoms with E-state index in [1.54, 1.807) is 0 Å². The summed E-state index contributed by atoms with van der Waals surface area (Å²) in [5.41, 5.74) is -2.45. The van der Waals surface area contributed by atoms with Crippen LogP contribution in [0.15, 0.2) is 16.6 Å². The molecular weight excluding hydrogens is 379 g/mol. The van der Waals surface area contributed by atoms with Crippen molar-refractivity contribution in [1.82, 2.24) is 5.32 Å². The maximum absolute atomic E-state index is 13.5. The molecule has 1 rings (SSSR count). The lowest BCUT2D eigenvalue weighted by Crippen LogP contribution is -2.47. The third-order valence-corrected chi connectivity index (χ3v) is 3.38. The van der Waals surface area contributed by atoms with Crippen molar-refractivity contribution in [3.8, 4) is 0 Å². The van der Waals surface area contributed by atoms with Crippen molar-refractivity contribution in [2.45, 2.75) is 12.5 Å². The zero-order valence-electron chi connectivity index (χ0n) is 12.1. The highest BCUT2D eigenvalue weighted by molar-refractivity contribution is 9.10. The average Bonchev–Trinajstić information content (AvgIpc) is 2.47. The van der Waals surface area contributed by atoms with E-state index in [0.717, 1.165) is 26.2 Å². The molecule has 0 fully saturated rings. The maximum Gasteiger partial charge on any atom is 0.340 e. The van der Waals surface area contributed by atoms with Crippen molar-refractivity contribution >= 4 is 39.6 Å². The summed E-state index contributed by atoms with van der Waals surface area (Å²) in [6.45, 7) is 0.425. The second-order valence-electron chi connectivity index (χ2n) is 4.69. The number of carbonyl (C=O) groups is 3. The fourth-order valence-electron chi connectivity index (χ4n) is 1.42. The zero-order valence-corrected chi connectivity index (χ0v) is 13.7. The Hall–Kier alpha value is -2.20. The van der Waals surface area contributed by atoms with E-state index < -0.39 is 35.9 Å². The number of hydrogen-bond donors (Lipinski definition) is 4. The fraction of sp³-hybridized carbons (Fsp3) is 0.308. The van der Waals surface area contributed by atoms with Crippen LogP contribution in [0.5, 0.6) is 0 Å². The molecule has 23 heavy (non-hydrogen) atoms. The molecule has 0 aliphatic carbocycles. The Kier molecular flexibility index (Phi) is 6.05. The highest BCUT2D eigenvalue weighted by Crippen LogP contribution is 2.25. The van der Waals surface area contributed by atoms with Gasteiger partial charge in [0, 0.05) is 0 Å². The number of anilines is 1. The lowest BCUT2D eigenvalue weighted by molar-refractivity contribution is -0.155. The Morgan fingerprint density at radius 3 is 2.52 bits per heavy atom. The first-order valence-electron chi connectivity index (χ1n) is 6.16. The van der Waals surface area contributed by atoms with Crippen molar-refractivity contribution in [3.05, 3.63) is 28.0 Å². The number of amides is 2. The Bertz CT molecular complexity index is 650. The minimum absolute atomic E-state index is 0.00187. The van der Waals surface area contributed by atoms with Gasteiger partial charge in [-0.3, -0.25) is 0 Å². The second-order valence-corrected chi connectivity index (χ2v) is 5.54. The van der Waals surface area contributed by atoms with Gasteiger partial charge in [-0.05, 0) is 35.0 Å². The molecule has 0 spiro atoms. The molecule has 1 aromatic carbocycles. The molecule has 1 atom stereocenters. The van der Waals surface area contributed by atoms with E-state index in [0.29, 0.717) is 0 Å². The number of esters is 1. The number of carboxylic acid groups (broad SMARTS) is 1. The third-order valence-electron chi connectivity index (χ3n) is 2.77. The molecule has 0 bridgehead atoms. The van der Waals surface area contributed by atoms with E-state index in [-0.39, 0.29) is 15.7 Å². The van der Waals surface area contributed by atoms with Gasteiger partial charge in [-0.25, -0.2) is 18.8 Å². The molecule has 2 amide bonds. The minimum Gasteiger partial charge on any atom is -0.479 e. The van der Waals surface area contributed by atoms with Crippen molar-refractivity contribution in [1.29, 1.82) is 0 Å². The van der Waals surface area contributed by atoms with Gasteiger partial charge in [0.25, 0.3) is 0 Å². The normalized spacial score (nSPS) is 12.9. The van der Waals surface area contributed by atoms with Crippen LogP contribution in [0.3, 0.4) is 0 Å². The topological polar surface area (TPSA) is 125 Å². The van der Waals surface area contributed by atoms with Gasteiger partial charge in [0.2, 0.25) is 0 Å².